The minimum atomic E-state index is -0.531. The maximum Gasteiger partial charge on any atom is 0.338 e. The molecule has 3 aromatic rings. The third-order valence-electron chi connectivity index (χ3n) is 3.36. The van der Waals surface area contributed by atoms with Gasteiger partial charge in [-0.05, 0) is 25.1 Å². The number of carbonyl (C=O) groups is 1. The average molecular weight is 361 g/mol. The van der Waals surface area contributed by atoms with Crippen LogP contribution in [0.15, 0.2) is 29.1 Å². The molecular formula is C16H15N3O5S. The molecule has 0 amide bonds. The van der Waals surface area contributed by atoms with E-state index in [1.807, 2.05) is 0 Å². The largest absolute Gasteiger partial charge is 0.493 e. The lowest BCUT2D eigenvalue weighted by Gasteiger charge is -2.09. The van der Waals surface area contributed by atoms with Gasteiger partial charge in [-0.1, -0.05) is 11.3 Å². The zero-order valence-electron chi connectivity index (χ0n) is 13.8. The number of hydrogen-bond donors (Lipinski definition) is 0. The lowest BCUT2D eigenvalue weighted by Crippen LogP contribution is -2.14. The summed E-state index contributed by atoms with van der Waals surface area (Å²) < 4.78 is 16.7. The van der Waals surface area contributed by atoms with E-state index >= 15 is 0 Å². The molecule has 0 N–H and O–H groups in total. The molecule has 2 heterocycles. The summed E-state index contributed by atoms with van der Waals surface area (Å²) in [7, 11) is 3.00. The molecule has 130 valence electrons. The monoisotopic (exact) mass is 361 g/mol. The zero-order valence-corrected chi connectivity index (χ0v) is 14.6. The van der Waals surface area contributed by atoms with Crippen LogP contribution >= 0.6 is 11.3 Å². The predicted molar refractivity (Wildman–Crippen MR) is 90.5 cm³/mol. The van der Waals surface area contributed by atoms with Gasteiger partial charge in [-0.15, -0.1) is 0 Å². The topological polar surface area (TPSA) is 92.0 Å². The van der Waals surface area contributed by atoms with Crippen LogP contribution in [0.3, 0.4) is 0 Å². The molecule has 2 aromatic heterocycles. The van der Waals surface area contributed by atoms with Crippen molar-refractivity contribution in [3.63, 3.8) is 0 Å². The van der Waals surface area contributed by atoms with Crippen LogP contribution in [0.1, 0.15) is 21.1 Å². The lowest BCUT2D eigenvalue weighted by atomic mass is 10.2. The second-order valence-electron chi connectivity index (χ2n) is 5.07. The van der Waals surface area contributed by atoms with Crippen molar-refractivity contribution in [2.45, 2.75) is 13.5 Å². The number of aryl methyl sites for hydroxylation is 1. The number of rotatable bonds is 5. The molecule has 9 heteroatoms. The highest BCUT2D eigenvalue weighted by Gasteiger charge is 2.14. The second-order valence-corrected chi connectivity index (χ2v) is 6.11. The SMILES string of the molecule is COc1ccc(C(=O)OCc2nn3c(=O)cc(C)nc3s2)cc1OC. The number of ether oxygens (including phenoxy) is 3. The smallest absolute Gasteiger partial charge is 0.338 e. The highest BCUT2D eigenvalue weighted by Crippen LogP contribution is 2.28. The second kappa shape index (κ2) is 6.89. The van der Waals surface area contributed by atoms with Crippen LogP contribution < -0.4 is 15.0 Å². The van der Waals surface area contributed by atoms with Gasteiger partial charge < -0.3 is 14.2 Å². The van der Waals surface area contributed by atoms with E-state index in [1.54, 1.807) is 19.1 Å². The summed E-state index contributed by atoms with van der Waals surface area (Å²) >= 11 is 1.20. The molecular weight excluding hydrogens is 346 g/mol. The van der Waals surface area contributed by atoms with Crippen molar-refractivity contribution in [1.29, 1.82) is 0 Å². The number of carbonyl (C=O) groups excluding carboxylic acids is 1. The molecule has 0 unspecified atom stereocenters. The van der Waals surface area contributed by atoms with Crippen LogP contribution in [-0.2, 0) is 11.3 Å². The fourth-order valence-corrected chi connectivity index (χ4v) is 3.05. The van der Waals surface area contributed by atoms with Gasteiger partial charge in [0, 0.05) is 11.8 Å². The predicted octanol–water partition coefficient (Wildman–Crippen LogP) is 1.83. The van der Waals surface area contributed by atoms with Crippen molar-refractivity contribution in [3.8, 4) is 11.5 Å². The number of fused-ring (bicyclic) bond motifs is 1. The van der Waals surface area contributed by atoms with E-state index in [2.05, 4.69) is 10.1 Å². The Bertz CT molecular complexity index is 995. The number of aromatic nitrogens is 3. The van der Waals surface area contributed by atoms with Gasteiger partial charge in [-0.3, -0.25) is 4.79 Å². The Morgan fingerprint density at radius 2 is 1.96 bits per heavy atom. The minimum Gasteiger partial charge on any atom is -0.493 e. The third kappa shape index (κ3) is 3.45. The summed E-state index contributed by atoms with van der Waals surface area (Å²) in [6.07, 6.45) is 0. The summed E-state index contributed by atoms with van der Waals surface area (Å²) in [5.74, 6) is 0.422. The molecule has 0 radical (unpaired) electrons. The number of esters is 1. The maximum atomic E-state index is 12.2. The Labute approximate surface area is 146 Å². The molecule has 0 aliphatic heterocycles. The number of methoxy groups -OCH3 is 2. The van der Waals surface area contributed by atoms with Crippen LogP contribution in [0.4, 0.5) is 0 Å². The molecule has 0 aliphatic carbocycles. The Morgan fingerprint density at radius 1 is 1.20 bits per heavy atom. The van der Waals surface area contributed by atoms with Crippen LogP contribution in [-0.4, -0.2) is 34.8 Å². The van der Waals surface area contributed by atoms with Crippen molar-refractivity contribution in [3.05, 3.63) is 50.9 Å². The molecule has 0 fully saturated rings. The first-order valence-corrected chi connectivity index (χ1v) is 8.09. The summed E-state index contributed by atoms with van der Waals surface area (Å²) in [4.78, 5) is 28.7. The van der Waals surface area contributed by atoms with Gasteiger partial charge in [-0.25, -0.2) is 9.78 Å². The van der Waals surface area contributed by atoms with Gasteiger partial charge in [0.2, 0.25) is 4.96 Å². The Morgan fingerprint density at radius 3 is 2.68 bits per heavy atom. The van der Waals surface area contributed by atoms with Gasteiger partial charge >= 0.3 is 5.97 Å². The Hall–Kier alpha value is -2.94. The molecule has 8 nitrogen and oxygen atoms in total. The van der Waals surface area contributed by atoms with E-state index in [0.717, 1.165) is 0 Å². The van der Waals surface area contributed by atoms with Crippen molar-refractivity contribution in [1.82, 2.24) is 14.6 Å². The van der Waals surface area contributed by atoms with E-state index in [-0.39, 0.29) is 12.2 Å². The molecule has 25 heavy (non-hydrogen) atoms. The molecule has 3 rings (SSSR count). The summed E-state index contributed by atoms with van der Waals surface area (Å²) in [6, 6.07) is 6.14. The first-order valence-electron chi connectivity index (χ1n) is 7.27. The molecule has 0 bridgehead atoms. The molecule has 0 atom stereocenters. The minimum absolute atomic E-state index is 0.0559. The summed E-state index contributed by atoms with van der Waals surface area (Å²) in [5.41, 5.74) is 0.670. The lowest BCUT2D eigenvalue weighted by molar-refractivity contribution is 0.0471. The first-order chi connectivity index (χ1) is 12.0. The first kappa shape index (κ1) is 16.9. The molecule has 0 aliphatic rings. The molecule has 0 spiro atoms. The highest BCUT2D eigenvalue weighted by atomic mass is 32.1. The normalized spacial score (nSPS) is 10.7. The van der Waals surface area contributed by atoms with E-state index in [4.69, 9.17) is 14.2 Å². The van der Waals surface area contributed by atoms with Crippen molar-refractivity contribution in [2.75, 3.05) is 14.2 Å². The third-order valence-corrected chi connectivity index (χ3v) is 4.24. The van der Waals surface area contributed by atoms with E-state index in [1.165, 1.54) is 42.2 Å². The number of nitrogens with zero attached hydrogens (tertiary/aromatic N) is 3. The van der Waals surface area contributed by atoms with Gasteiger partial charge in [0.15, 0.2) is 16.5 Å². The van der Waals surface area contributed by atoms with Crippen molar-refractivity contribution < 1.29 is 19.0 Å². The van der Waals surface area contributed by atoms with Crippen LogP contribution in [0, 0.1) is 6.92 Å². The fourth-order valence-electron chi connectivity index (χ4n) is 2.19. The van der Waals surface area contributed by atoms with Crippen LogP contribution in [0.25, 0.3) is 4.96 Å². The van der Waals surface area contributed by atoms with E-state index < -0.39 is 5.97 Å². The Kier molecular flexibility index (Phi) is 4.66. The fraction of sp³-hybridized carbons (Fsp3) is 0.250. The number of benzene rings is 1. The number of hydrogen-bond acceptors (Lipinski definition) is 8. The molecule has 1 aromatic carbocycles. The quantitative estimate of drug-likeness (QED) is 0.640. The van der Waals surface area contributed by atoms with Gasteiger partial charge in [-0.2, -0.15) is 9.61 Å². The highest BCUT2D eigenvalue weighted by molar-refractivity contribution is 7.16. The van der Waals surface area contributed by atoms with E-state index in [0.29, 0.717) is 32.7 Å². The van der Waals surface area contributed by atoms with Crippen LogP contribution in [0.2, 0.25) is 0 Å². The van der Waals surface area contributed by atoms with Gasteiger partial charge in [0.05, 0.1) is 19.8 Å². The van der Waals surface area contributed by atoms with Gasteiger partial charge in [0.25, 0.3) is 5.56 Å². The summed E-state index contributed by atoms with van der Waals surface area (Å²) in [6.45, 7) is 1.68. The zero-order chi connectivity index (χ0) is 18.0. The Balaban J connectivity index is 1.76. The van der Waals surface area contributed by atoms with Crippen LogP contribution in [0.5, 0.6) is 11.5 Å². The van der Waals surface area contributed by atoms with Crippen molar-refractivity contribution in [2.24, 2.45) is 0 Å². The maximum absolute atomic E-state index is 12.2. The summed E-state index contributed by atoms with van der Waals surface area (Å²) in [5, 5.41) is 4.59. The molecule has 0 saturated heterocycles. The average Bonchev–Trinajstić information content (AvgIpc) is 3.02. The standard InChI is InChI=1S/C16H15N3O5S/c1-9-6-14(20)19-16(17-9)25-13(18-19)8-24-15(21)10-4-5-11(22-2)12(7-10)23-3/h4-7H,8H2,1-3H3. The van der Waals surface area contributed by atoms with Crippen molar-refractivity contribution >= 4 is 22.3 Å². The van der Waals surface area contributed by atoms with E-state index in [9.17, 15) is 9.59 Å². The van der Waals surface area contributed by atoms with Gasteiger partial charge in [0.1, 0.15) is 6.61 Å². The molecule has 0 saturated carbocycles.